The molecule has 0 fully saturated rings. The molecule has 23 nitrogen and oxygen atoms in total. The van der Waals surface area contributed by atoms with Crippen LogP contribution in [0.15, 0.2) is 322 Å². The molecular weight excluding hydrogens is 1420 g/mol. The minimum atomic E-state index is -0.831. The smallest absolute Gasteiger partial charge is 0.472 e. The molecule has 10 heterocycles. The van der Waals surface area contributed by atoms with Gasteiger partial charge >= 0.3 is 18.1 Å². The number of benzene rings is 7. The van der Waals surface area contributed by atoms with E-state index in [1.165, 1.54) is 25.7 Å². The minimum Gasteiger partial charge on any atom is -0.472 e. The summed E-state index contributed by atoms with van der Waals surface area (Å²) in [5.74, 6) is 2.55. The fourth-order valence-corrected chi connectivity index (χ4v) is 12.5. The molecule has 23 heteroatoms. The first-order chi connectivity index (χ1) is 55.2. The lowest BCUT2D eigenvalue weighted by Crippen LogP contribution is -2.12. The van der Waals surface area contributed by atoms with Gasteiger partial charge in [-0.05, 0) is 71.3 Å². The number of nitrogens with zero attached hydrogens (tertiary/aromatic N) is 9. The molecule has 556 valence electrons. The van der Waals surface area contributed by atoms with Crippen molar-refractivity contribution >= 4 is 35.0 Å². The summed E-state index contributed by atoms with van der Waals surface area (Å²) >= 11 is 0. The van der Waals surface area contributed by atoms with Crippen LogP contribution in [0.25, 0.3) is 50.7 Å². The second kappa shape index (κ2) is 35.2. The molecule has 112 heavy (non-hydrogen) atoms. The van der Waals surface area contributed by atoms with E-state index in [0.717, 1.165) is 84.8 Å². The number of hydrogen-bond acceptors (Lipinski definition) is 20. The van der Waals surface area contributed by atoms with Gasteiger partial charge in [0, 0.05) is 54.5 Å². The summed E-state index contributed by atoms with van der Waals surface area (Å²) in [6.07, 6.45) is 15.4. The van der Waals surface area contributed by atoms with E-state index in [0.29, 0.717) is 101 Å². The Hall–Kier alpha value is -14.9. The van der Waals surface area contributed by atoms with Crippen LogP contribution in [-0.4, -0.2) is 88.7 Å². The average Bonchev–Trinajstić information content (AvgIpc) is 1.60. The van der Waals surface area contributed by atoms with Gasteiger partial charge in [0.25, 0.3) is 0 Å². The summed E-state index contributed by atoms with van der Waals surface area (Å²) in [7, 11) is 1.24. The molecule has 0 saturated heterocycles. The second-order valence-electron chi connectivity index (χ2n) is 25.4. The van der Waals surface area contributed by atoms with Crippen LogP contribution in [-0.2, 0) is 57.5 Å². The van der Waals surface area contributed by atoms with Crippen LogP contribution in [0.2, 0.25) is 0 Å². The normalized spacial score (nSPS) is 11.0. The largest absolute Gasteiger partial charge is 0.510 e. The Labute approximate surface area is 641 Å². The molecule has 0 saturated carbocycles. The summed E-state index contributed by atoms with van der Waals surface area (Å²) in [6.45, 7) is -0.910. The van der Waals surface area contributed by atoms with Crippen molar-refractivity contribution < 1.29 is 65.2 Å². The monoisotopic (exact) mass is 1490 g/mol. The number of aromatic nitrogens is 9. The summed E-state index contributed by atoms with van der Waals surface area (Å²) in [4.78, 5) is 66.1. The van der Waals surface area contributed by atoms with E-state index in [1.807, 2.05) is 220 Å². The first-order valence-corrected chi connectivity index (χ1v) is 35.8. The minimum absolute atomic E-state index is 0.274. The van der Waals surface area contributed by atoms with Crippen molar-refractivity contribution in [3.8, 4) is 51.4 Å². The van der Waals surface area contributed by atoms with Crippen molar-refractivity contribution in [2.75, 3.05) is 27.5 Å². The number of imidazole rings is 3. The molecule has 10 aromatic heterocycles. The predicted molar refractivity (Wildman–Crippen MR) is 414 cm³/mol. The zero-order chi connectivity index (χ0) is 76.2. The number of hydrogen-bond donors (Lipinski definition) is 0. The van der Waals surface area contributed by atoms with E-state index in [9.17, 15) is 14.4 Å². The van der Waals surface area contributed by atoms with Gasteiger partial charge in [-0.3, -0.25) is 13.2 Å². The van der Waals surface area contributed by atoms with Gasteiger partial charge in [-0.2, -0.15) is 0 Å². The molecule has 0 N–H and O–H groups in total. The summed E-state index contributed by atoms with van der Waals surface area (Å²) in [6, 6.07) is 81.7. The van der Waals surface area contributed by atoms with Gasteiger partial charge in [0.05, 0.1) is 96.7 Å². The highest BCUT2D eigenvalue weighted by molar-refractivity contribution is 5.89. The standard InChI is InChI=1S/C32H25N3O4.C30H23N3O5.C27H23N3O5/c36-32(25-15-8-3-9-16-25)39-22-38-31-28(20-26-17-10-18-37-26)34-30-27(19-23-11-4-1-5-12-23)33-29(21-35(30)31)24-13-6-2-7-14-24;34-30(23-13-15-35-19-23)38-20-37-29-26(17-24-12-7-14-36-24)32-28-25(16-21-8-3-1-4-9-21)31-27(18-33(28)29)22-10-5-2-6-11-22;1-32-27(31)35-18-34-26-23(16-21-13-8-14-33-21)29-25-22(15-19-9-4-2-5-10-19)28-24(17-30(25)26)20-11-6-3-7-12-20/h1-18,21H,19-20,22H2;1-15,18-19H,16-17,20H2;2-14,17H,15-16,18H2,1H3. The zero-order valence-corrected chi connectivity index (χ0v) is 60.5. The lowest BCUT2D eigenvalue weighted by atomic mass is 10.1. The molecule has 17 aromatic rings. The number of ether oxygens (including phenoxy) is 7. The Bertz CT molecular complexity index is 5890. The van der Waals surface area contributed by atoms with Gasteiger partial charge in [-0.15, -0.1) is 0 Å². The third kappa shape index (κ3) is 17.9. The number of furan rings is 4. The quantitative estimate of drug-likeness (QED) is 0.0277. The molecule has 0 aliphatic heterocycles. The van der Waals surface area contributed by atoms with Crippen molar-refractivity contribution in [2.45, 2.75) is 38.5 Å². The maximum atomic E-state index is 12.5. The first-order valence-electron chi connectivity index (χ1n) is 35.8. The topological polar surface area (TPSA) is 259 Å². The van der Waals surface area contributed by atoms with Gasteiger partial charge in [0.2, 0.25) is 38.0 Å². The van der Waals surface area contributed by atoms with Gasteiger partial charge < -0.3 is 50.8 Å². The number of carbonyl (C=O) groups is 3. The molecule has 0 aliphatic carbocycles. The Kier molecular flexibility index (Phi) is 22.9. The lowest BCUT2D eigenvalue weighted by molar-refractivity contribution is 0.0118. The Morgan fingerprint density at radius 3 is 0.955 bits per heavy atom. The van der Waals surface area contributed by atoms with E-state index in [4.69, 9.17) is 76.0 Å². The van der Waals surface area contributed by atoms with Crippen molar-refractivity contribution in [2.24, 2.45) is 0 Å². The van der Waals surface area contributed by atoms with Gasteiger partial charge in [-0.25, -0.2) is 44.3 Å². The van der Waals surface area contributed by atoms with Crippen molar-refractivity contribution in [1.82, 2.24) is 43.1 Å². The first kappa shape index (κ1) is 72.7. The summed E-state index contributed by atoms with van der Waals surface area (Å²) in [5.41, 5.74) is 15.6. The van der Waals surface area contributed by atoms with Crippen molar-refractivity contribution in [3.63, 3.8) is 0 Å². The highest BCUT2D eigenvalue weighted by Crippen LogP contribution is 2.34. The van der Waals surface area contributed by atoms with Crippen LogP contribution in [0.4, 0.5) is 4.79 Å². The molecule has 0 atom stereocenters. The summed E-state index contributed by atoms with van der Waals surface area (Å²) in [5, 5.41) is 0. The van der Waals surface area contributed by atoms with E-state index in [-0.39, 0.29) is 20.4 Å². The number of fused-ring (bicyclic) bond motifs is 3. The van der Waals surface area contributed by atoms with E-state index in [1.54, 1.807) is 43.1 Å². The maximum Gasteiger partial charge on any atom is 0.510 e. The third-order valence-corrected chi connectivity index (χ3v) is 17.8. The van der Waals surface area contributed by atoms with E-state index < -0.39 is 18.1 Å². The molecule has 0 radical (unpaired) electrons. The van der Waals surface area contributed by atoms with Crippen LogP contribution < -0.4 is 14.2 Å². The molecule has 17 rings (SSSR count). The Morgan fingerprint density at radius 1 is 0.321 bits per heavy atom. The van der Waals surface area contributed by atoms with Crippen LogP contribution in [0, 0.1) is 0 Å². The number of esters is 2. The van der Waals surface area contributed by atoms with Gasteiger partial charge in [0.15, 0.2) is 16.9 Å². The summed E-state index contributed by atoms with van der Waals surface area (Å²) < 4.78 is 65.7. The van der Waals surface area contributed by atoms with Gasteiger partial charge in [0.1, 0.15) is 40.6 Å². The SMILES string of the molecule is COC(=O)OCOc1c(Cc2ccco2)nc2c(Cc3ccccc3)nc(-c3ccccc3)cn12.O=C(OCOc1c(Cc2ccco2)nc2c(Cc3ccccc3)nc(-c3ccccc3)cn12)c1ccccc1.O=C(OCOc1c(Cc2ccco2)nc2c(Cc3ccccc3)nc(-c3ccccc3)cn12)c1ccoc1. The number of rotatable bonds is 26. The van der Waals surface area contributed by atoms with Crippen molar-refractivity contribution in [1.29, 1.82) is 0 Å². The highest BCUT2D eigenvalue weighted by atomic mass is 16.8. The van der Waals surface area contributed by atoms with Crippen LogP contribution in [0.3, 0.4) is 0 Å². The van der Waals surface area contributed by atoms with Crippen molar-refractivity contribution in [3.05, 3.63) is 384 Å². The number of carbonyl (C=O) groups excluding carboxylic acids is 3. The maximum absolute atomic E-state index is 12.5. The molecule has 0 spiro atoms. The third-order valence-electron chi connectivity index (χ3n) is 17.8. The van der Waals surface area contributed by atoms with E-state index in [2.05, 4.69) is 41.1 Å². The fraction of sp³-hybridized carbons (Fsp3) is 0.112. The predicted octanol–water partition coefficient (Wildman–Crippen LogP) is 17.6. The molecule has 0 bridgehead atoms. The fourth-order valence-electron chi connectivity index (χ4n) is 12.5. The lowest BCUT2D eigenvalue weighted by Gasteiger charge is -2.11. The molecular formula is C89H71N9O14. The average molecular weight is 1490 g/mol. The molecule has 0 unspecified atom stereocenters. The van der Waals surface area contributed by atoms with Crippen LogP contribution >= 0.6 is 0 Å². The number of methoxy groups -OCH3 is 1. The van der Waals surface area contributed by atoms with Gasteiger partial charge in [-0.1, -0.05) is 200 Å². The molecule has 0 aliphatic rings. The Balaban J connectivity index is 0.000000133. The van der Waals surface area contributed by atoms with Crippen LogP contribution in [0.1, 0.15) is 88.9 Å². The highest BCUT2D eigenvalue weighted by Gasteiger charge is 2.26. The van der Waals surface area contributed by atoms with E-state index >= 15 is 0 Å². The molecule has 7 aromatic carbocycles. The molecule has 0 amide bonds. The van der Waals surface area contributed by atoms with Crippen LogP contribution in [0.5, 0.6) is 17.6 Å². The zero-order valence-electron chi connectivity index (χ0n) is 60.5. The Morgan fingerprint density at radius 2 is 0.643 bits per heavy atom. The second-order valence-corrected chi connectivity index (χ2v) is 25.4.